The Balaban J connectivity index is 2.24. The molecule has 166 valence electrons. The molecule has 1 aromatic carbocycles. The number of nitrogens with zero attached hydrogens (tertiary/aromatic N) is 1. The summed E-state index contributed by atoms with van der Waals surface area (Å²) in [7, 11) is 0.346. The number of allylic oxidation sites excluding steroid dienone is 4. The van der Waals surface area contributed by atoms with Crippen LogP contribution in [0.3, 0.4) is 0 Å². The van der Waals surface area contributed by atoms with Crippen LogP contribution in [0.25, 0.3) is 0 Å². The number of nitrogens with two attached hydrogens (primary N) is 1. The van der Waals surface area contributed by atoms with Crippen molar-refractivity contribution in [2.45, 2.75) is 62.9 Å². The maximum absolute atomic E-state index is 13.6. The van der Waals surface area contributed by atoms with E-state index < -0.39 is 21.4 Å². The van der Waals surface area contributed by atoms with Crippen molar-refractivity contribution in [3.8, 4) is 0 Å². The number of hydrogen-bond acceptors (Lipinski definition) is 5. The van der Waals surface area contributed by atoms with E-state index in [-0.39, 0.29) is 17.6 Å². The molecular weight excluding hydrogens is 396 g/mol. The lowest BCUT2D eigenvalue weighted by atomic mass is 9.66. The Morgan fingerprint density at radius 3 is 2.60 bits per heavy atom. The lowest BCUT2D eigenvalue weighted by Gasteiger charge is -2.42. The second-order valence-electron chi connectivity index (χ2n) is 9.16. The average molecular weight is 433 g/mol. The normalized spacial score (nSPS) is 30.3. The number of hydrogen-bond donors (Lipinski definition) is 2. The molecule has 1 aromatic rings. The van der Waals surface area contributed by atoms with E-state index in [9.17, 15) is 13.5 Å². The van der Waals surface area contributed by atoms with Gasteiger partial charge in [0, 0.05) is 36.8 Å². The number of aliphatic hydroxyl groups is 1. The van der Waals surface area contributed by atoms with Gasteiger partial charge in [0.2, 0.25) is 0 Å². The van der Waals surface area contributed by atoms with Crippen molar-refractivity contribution in [2.24, 2.45) is 17.1 Å². The lowest BCUT2D eigenvalue weighted by Crippen LogP contribution is -2.44. The molecule has 0 saturated heterocycles. The predicted molar refractivity (Wildman–Crippen MR) is 123 cm³/mol. The van der Waals surface area contributed by atoms with E-state index in [1.165, 1.54) is 0 Å². The van der Waals surface area contributed by atoms with Gasteiger partial charge in [0.05, 0.1) is 16.8 Å². The zero-order valence-electron chi connectivity index (χ0n) is 18.6. The number of fused-ring (bicyclic) bond motifs is 1. The van der Waals surface area contributed by atoms with Crippen LogP contribution in [0.2, 0.25) is 0 Å². The molecule has 3 rings (SSSR count). The Labute approximate surface area is 181 Å². The third-order valence-corrected chi connectivity index (χ3v) is 8.98. The van der Waals surface area contributed by atoms with E-state index in [1.807, 2.05) is 50.2 Å². The fourth-order valence-electron chi connectivity index (χ4n) is 5.13. The van der Waals surface area contributed by atoms with Crippen LogP contribution in [0, 0.1) is 11.3 Å². The van der Waals surface area contributed by atoms with Crippen molar-refractivity contribution >= 4 is 15.5 Å². The molecule has 0 bridgehead atoms. The van der Waals surface area contributed by atoms with Crippen LogP contribution < -0.4 is 10.6 Å². The maximum Gasteiger partial charge on any atom is 0.179 e. The van der Waals surface area contributed by atoms with Gasteiger partial charge in [-0.2, -0.15) is 0 Å². The Kier molecular flexibility index (Phi) is 6.68. The highest BCUT2D eigenvalue weighted by Crippen LogP contribution is 2.50. The predicted octanol–water partition coefficient (Wildman–Crippen LogP) is 3.99. The Bertz CT molecular complexity index is 936. The molecule has 0 amide bonds. The van der Waals surface area contributed by atoms with Crippen LogP contribution in [-0.4, -0.2) is 39.5 Å². The van der Waals surface area contributed by atoms with Crippen LogP contribution in [-0.2, 0) is 9.84 Å². The molecule has 1 unspecified atom stereocenters. The molecule has 1 aliphatic carbocycles. The molecule has 5 nitrogen and oxygen atoms in total. The summed E-state index contributed by atoms with van der Waals surface area (Å²) in [5, 5.41) is 11.9. The van der Waals surface area contributed by atoms with Gasteiger partial charge in [-0.15, -0.1) is 0 Å². The summed E-state index contributed by atoms with van der Waals surface area (Å²) < 4.78 is 27.1. The molecule has 4 atom stereocenters. The molecule has 0 radical (unpaired) electrons. The van der Waals surface area contributed by atoms with Gasteiger partial charge in [0.1, 0.15) is 0 Å². The van der Waals surface area contributed by atoms with Gasteiger partial charge in [0.15, 0.2) is 9.84 Å². The average Bonchev–Trinajstić information content (AvgIpc) is 2.77. The zero-order chi connectivity index (χ0) is 22.1. The summed E-state index contributed by atoms with van der Waals surface area (Å²) in [4.78, 5) is 2.33. The van der Waals surface area contributed by atoms with Crippen LogP contribution in [0.5, 0.6) is 0 Å². The van der Waals surface area contributed by atoms with Crippen molar-refractivity contribution < 1.29 is 13.5 Å². The van der Waals surface area contributed by atoms with Gasteiger partial charge >= 0.3 is 0 Å². The first-order valence-electron chi connectivity index (χ1n) is 11.0. The molecule has 3 N–H and O–H groups in total. The number of sulfone groups is 1. The summed E-state index contributed by atoms with van der Waals surface area (Å²) >= 11 is 0. The van der Waals surface area contributed by atoms with Gasteiger partial charge in [-0.3, -0.25) is 0 Å². The van der Waals surface area contributed by atoms with Crippen molar-refractivity contribution in [3.63, 3.8) is 0 Å². The van der Waals surface area contributed by atoms with Gasteiger partial charge in [-0.05, 0) is 55.0 Å². The van der Waals surface area contributed by atoms with E-state index in [2.05, 4.69) is 13.0 Å². The van der Waals surface area contributed by atoms with Crippen LogP contribution >= 0.6 is 0 Å². The van der Waals surface area contributed by atoms with E-state index in [4.69, 9.17) is 5.73 Å². The van der Waals surface area contributed by atoms with E-state index in [0.29, 0.717) is 24.2 Å². The minimum absolute atomic E-state index is 0.00969. The molecule has 2 aliphatic rings. The highest BCUT2D eigenvalue weighted by Gasteiger charge is 2.50. The standard InChI is InChI=1S/C24H36N2O3S/c1-5-7-13-24(6-2)16-30(28,29)21-12-11-19(26(3)4)15-20(21)22(23(24)27)17-9-8-10-18(25)14-17/h8-12,15,17,22-23,27H,5-7,13-14,16,25H2,1-4H3/t17?,22-,23-,24-/m1/s1. The van der Waals surface area contributed by atoms with Gasteiger partial charge < -0.3 is 15.7 Å². The minimum Gasteiger partial charge on any atom is -0.402 e. The molecule has 1 aliphatic heterocycles. The number of benzene rings is 1. The van der Waals surface area contributed by atoms with E-state index >= 15 is 0 Å². The quantitative estimate of drug-likeness (QED) is 0.710. The van der Waals surface area contributed by atoms with Gasteiger partial charge in [0.25, 0.3) is 0 Å². The minimum atomic E-state index is -3.54. The fraction of sp³-hybridized carbons (Fsp3) is 0.583. The number of aliphatic hydroxyl groups excluding tert-OH is 1. The van der Waals surface area contributed by atoms with Crippen LogP contribution in [0.1, 0.15) is 57.4 Å². The molecule has 0 saturated carbocycles. The molecular formula is C24H36N2O3S. The molecule has 0 fully saturated rings. The van der Waals surface area contributed by atoms with Crippen molar-refractivity contribution in [1.82, 2.24) is 0 Å². The summed E-state index contributed by atoms with van der Waals surface area (Å²) in [6.07, 6.45) is 8.95. The Morgan fingerprint density at radius 1 is 1.27 bits per heavy atom. The number of rotatable bonds is 6. The topological polar surface area (TPSA) is 83.6 Å². The third kappa shape index (κ3) is 4.17. The Hall–Kier alpha value is -1.79. The third-order valence-electron chi connectivity index (χ3n) is 6.98. The molecule has 1 heterocycles. The van der Waals surface area contributed by atoms with Gasteiger partial charge in [-0.1, -0.05) is 38.8 Å². The summed E-state index contributed by atoms with van der Waals surface area (Å²) in [5.41, 5.74) is 7.91. The summed E-state index contributed by atoms with van der Waals surface area (Å²) in [6.45, 7) is 4.11. The van der Waals surface area contributed by atoms with Gasteiger partial charge in [-0.25, -0.2) is 8.42 Å². The maximum atomic E-state index is 13.6. The SMILES string of the molecule is CCCC[C@]1(CC)CS(=O)(=O)c2ccc(N(C)C)cc2[C@@H](C2C=CC=C(N)C2)[C@H]1O. The van der Waals surface area contributed by atoms with Crippen molar-refractivity contribution in [1.29, 1.82) is 0 Å². The molecule has 0 aromatic heterocycles. The van der Waals surface area contributed by atoms with Crippen LogP contribution in [0.15, 0.2) is 47.0 Å². The van der Waals surface area contributed by atoms with Crippen molar-refractivity contribution in [2.75, 3.05) is 24.7 Å². The first-order valence-corrected chi connectivity index (χ1v) is 12.7. The van der Waals surface area contributed by atoms with Crippen molar-refractivity contribution in [3.05, 3.63) is 47.7 Å². The molecule has 30 heavy (non-hydrogen) atoms. The zero-order valence-corrected chi connectivity index (χ0v) is 19.5. The second-order valence-corrected chi connectivity index (χ2v) is 11.1. The largest absolute Gasteiger partial charge is 0.402 e. The Morgan fingerprint density at radius 2 is 2.00 bits per heavy atom. The lowest BCUT2D eigenvalue weighted by molar-refractivity contribution is -0.00191. The van der Waals surface area contributed by atoms with E-state index in [1.54, 1.807) is 6.07 Å². The fourth-order valence-corrected chi connectivity index (χ4v) is 7.39. The second kappa shape index (κ2) is 8.75. The molecule has 0 spiro atoms. The van der Waals surface area contributed by atoms with Crippen LogP contribution in [0.4, 0.5) is 5.69 Å². The first kappa shape index (κ1) is 22.9. The number of unbranched alkanes of at least 4 members (excludes halogenated alkanes) is 1. The summed E-state index contributed by atoms with van der Waals surface area (Å²) in [5.74, 6) is -0.371. The first-order chi connectivity index (χ1) is 14.1. The van der Waals surface area contributed by atoms with E-state index in [0.717, 1.165) is 29.8 Å². The summed E-state index contributed by atoms with van der Waals surface area (Å²) in [6, 6.07) is 5.54. The smallest absolute Gasteiger partial charge is 0.179 e. The monoisotopic (exact) mass is 432 g/mol. The molecule has 6 heteroatoms. The highest BCUT2D eigenvalue weighted by atomic mass is 32.2. The number of anilines is 1. The highest BCUT2D eigenvalue weighted by molar-refractivity contribution is 7.91.